The van der Waals surface area contributed by atoms with Gasteiger partial charge in [0.15, 0.2) is 10.8 Å². The zero-order chi connectivity index (χ0) is 21.7. The number of carbonyl (C=O) groups excluding carboxylic acids is 1. The fourth-order valence-electron chi connectivity index (χ4n) is 4.47. The summed E-state index contributed by atoms with van der Waals surface area (Å²) in [5.74, 6) is 0.899. The molecule has 1 aliphatic carbocycles. The second-order valence-corrected chi connectivity index (χ2v) is 10.3. The van der Waals surface area contributed by atoms with Crippen LogP contribution in [0.4, 0.5) is 5.69 Å². The average molecular weight is 460 g/mol. The highest BCUT2D eigenvalue weighted by Gasteiger charge is 2.24. The van der Waals surface area contributed by atoms with E-state index in [0.29, 0.717) is 5.16 Å². The molecule has 8 heteroatoms. The lowest BCUT2D eigenvalue weighted by molar-refractivity contribution is -0.113. The molecule has 1 N–H and O–H groups in total. The number of fused-ring (bicyclic) bond motifs is 6. The fourth-order valence-corrected chi connectivity index (χ4v) is 6.52. The van der Waals surface area contributed by atoms with E-state index in [9.17, 15) is 4.79 Å². The number of aryl methyl sites for hydroxylation is 1. The number of hydrogen-bond donors (Lipinski definition) is 1. The van der Waals surface area contributed by atoms with Gasteiger partial charge in [-0.3, -0.25) is 9.20 Å². The number of benzene rings is 2. The molecule has 0 saturated heterocycles. The SMILES string of the molecule is CC1CCc2c(sc3ncn4c(SCC(=O)Nc5cccc6ccccc56)nnc4c23)C1. The number of thiophene rings is 1. The van der Waals surface area contributed by atoms with Crippen molar-refractivity contribution in [2.24, 2.45) is 5.92 Å². The van der Waals surface area contributed by atoms with E-state index in [1.165, 1.54) is 28.6 Å². The smallest absolute Gasteiger partial charge is 0.234 e. The maximum Gasteiger partial charge on any atom is 0.234 e. The maximum atomic E-state index is 12.7. The molecule has 0 spiro atoms. The lowest BCUT2D eigenvalue weighted by atomic mass is 9.89. The molecular weight excluding hydrogens is 438 g/mol. The van der Waals surface area contributed by atoms with Crippen molar-refractivity contribution >= 4 is 61.3 Å². The van der Waals surface area contributed by atoms with Crippen LogP contribution in [0.25, 0.3) is 26.6 Å². The fraction of sp³-hybridized carbons (Fsp3) is 0.250. The molecule has 3 heterocycles. The van der Waals surface area contributed by atoms with Crippen LogP contribution < -0.4 is 5.32 Å². The average Bonchev–Trinajstić information content (AvgIpc) is 3.38. The number of aromatic nitrogens is 4. The summed E-state index contributed by atoms with van der Waals surface area (Å²) in [6.45, 7) is 2.31. The summed E-state index contributed by atoms with van der Waals surface area (Å²) in [7, 11) is 0. The van der Waals surface area contributed by atoms with Gasteiger partial charge in [-0.2, -0.15) is 0 Å². The van der Waals surface area contributed by atoms with E-state index in [4.69, 9.17) is 0 Å². The van der Waals surface area contributed by atoms with Crippen LogP contribution in [0.15, 0.2) is 53.9 Å². The number of thioether (sulfide) groups is 1. The van der Waals surface area contributed by atoms with Crippen molar-refractivity contribution in [3.05, 3.63) is 59.2 Å². The largest absolute Gasteiger partial charge is 0.325 e. The number of nitrogens with zero attached hydrogens (tertiary/aromatic N) is 4. The monoisotopic (exact) mass is 459 g/mol. The first kappa shape index (κ1) is 19.7. The van der Waals surface area contributed by atoms with E-state index in [2.05, 4.69) is 27.4 Å². The zero-order valence-corrected chi connectivity index (χ0v) is 19.2. The normalized spacial score (nSPS) is 16.0. The number of amides is 1. The molecule has 0 aliphatic heterocycles. The van der Waals surface area contributed by atoms with Gasteiger partial charge in [-0.15, -0.1) is 21.5 Å². The van der Waals surface area contributed by atoms with Gasteiger partial charge in [0, 0.05) is 16.0 Å². The van der Waals surface area contributed by atoms with Gasteiger partial charge in [0.25, 0.3) is 0 Å². The third kappa shape index (κ3) is 3.34. The van der Waals surface area contributed by atoms with Crippen LogP contribution in [-0.4, -0.2) is 31.2 Å². The number of nitrogens with one attached hydrogen (secondary N) is 1. The molecule has 5 aromatic rings. The van der Waals surface area contributed by atoms with Crippen LogP contribution in [0, 0.1) is 5.92 Å². The molecule has 160 valence electrons. The van der Waals surface area contributed by atoms with Crippen molar-refractivity contribution in [1.82, 2.24) is 19.6 Å². The molecule has 2 aromatic carbocycles. The van der Waals surface area contributed by atoms with Crippen molar-refractivity contribution in [3.63, 3.8) is 0 Å². The Hall–Kier alpha value is -2.97. The first-order valence-electron chi connectivity index (χ1n) is 10.7. The summed E-state index contributed by atoms with van der Waals surface area (Å²) in [6, 6.07) is 14.0. The minimum absolute atomic E-state index is 0.0703. The van der Waals surface area contributed by atoms with E-state index in [1.807, 2.05) is 46.9 Å². The van der Waals surface area contributed by atoms with Gasteiger partial charge >= 0.3 is 0 Å². The molecule has 0 saturated carbocycles. The molecule has 0 fully saturated rings. The summed E-state index contributed by atoms with van der Waals surface area (Å²) >= 11 is 3.16. The van der Waals surface area contributed by atoms with E-state index in [0.717, 1.165) is 51.1 Å². The third-order valence-electron chi connectivity index (χ3n) is 6.07. The van der Waals surface area contributed by atoms with Crippen molar-refractivity contribution in [2.45, 2.75) is 31.3 Å². The Kier molecular flexibility index (Phi) is 4.84. The first-order valence-corrected chi connectivity index (χ1v) is 12.5. The van der Waals surface area contributed by atoms with Crippen molar-refractivity contribution < 1.29 is 4.79 Å². The Morgan fingerprint density at radius 2 is 2.09 bits per heavy atom. The Morgan fingerprint density at radius 3 is 3.03 bits per heavy atom. The molecule has 1 atom stereocenters. The highest BCUT2D eigenvalue weighted by molar-refractivity contribution is 7.99. The van der Waals surface area contributed by atoms with Gasteiger partial charge in [0.1, 0.15) is 11.2 Å². The molecule has 1 unspecified atom stereocenters. The number of rotatable bonds is 4. The summed E-state index contributed by atoms with van der Waals surface area (Å²) in [4.78, 5) is 19.8. The molecule has 1 aliphatic rings. The maximum absolute atomic E-state index is 12.7. The molecule has 0 radical (unpaired) electrons. The lowest BCUT2D eigenvalue weighted by Gasteiger charge is -2.17. The van der Waals surface area contributed by atoms with Crippen LogP contribution in [0.5, 0.6) is 0 Å². The number of carbonyl (C=O) groups is 1. The van der Waals surface area contributed by atoms with E-state index < -0.39 is 0 Å². The van der Waals surface area contributed by atoms with Gasteiger partial charge in [-0.25, -0.2) is 4.98 Å². The van der Waals surface area contributed by atoms with Crippen LogP contribution >= 0.6 is 23.1 Å². The van der Waals surface area contributed by atoms with Gasteiger partial charge in [-0.1, -0.05) is 55.1 Å². The molecule has 3 aromatic heterocycles. The Morgan fingerprint density at radius 1 is 1.22 bits per heavy atom. The third-order valence-corrected chi connectivity index (χ3v) is 8.17. The van der Waals surface area contributed by atoms with E-state index in [-0.39, 0.29) is 11.7 Å². The lowest BCUT2D eigenvalue weighted by Crippen LogP contribution is -2.14. The van der Waals surface area contributed by atoms with Crippen molar-refractivity contribution in [1.29, 1.82) is 0 Å². The molecule has 1 amide bonds. The molecule has 6 rings (SSSR count). The zero-order valence-electron chi connectivity index (χ0n) is 17.5. The predicted octanol–water partition coefficient (Wildman–Crippen LogP) is 5.35. The quantitative estimate of drug-likeness (QED) is 0.367. The highest BCUT2D eigenvalue weighted by Crippen LogP contribution is 2.39. The summed E-state index contributed by atoms with van der Waals surface area (Å²) < 4.78 is 1.92. The van der Waals surface area contributed by atoms with Crippen LogP contribution in [-0.2, 0) is 17.6 Å². The Labute approximate surface area is 193 Å². The molecular formula is C24H21N5OS2. The topological polar surface area (TPSA) is 72.2 Å². The second kappa shape index (κ2) is 7.86. The summed E-state index contributed by atoms with van der Waals surface area (Å²) in [5.41, 5.74) is 3.06. The van der Waals surface area contributed by atoms with Crippen LogP contribution in [0.1, 0.15) is 23.8 Å². The minimum Gasteiger partial charge on any atom is -0.325 e. The van der Waals surface area contributed by atoms with E-state index >= 15 is 0 Å². The van der Waals surface area contributed by atoms with Gasteiger partial charge < -0.3 is 5.32 Å². The second-order valence-electron chi connectivity index (χ2n) is 8.32. The molecule has 32 heavy (non-hydrogen) atoms. The van der Waals surface area contributed by atoms with Gasteiger partial charge in [-0.05, 0) is 42.2 Å². The van der Waals surface area contributed by atoms with Gasteiger partial charge in [0.05, 0.1) is 11.1 Å². The highest BCUT2D eigenvalue weighted by atomic mass is 32.2. The summed E-state index contributed by atoms with van der Waals surface area (Å²) in [6.07, 6.45) is 5.17. The van der Waals surface area contributed by atoms with Gasteiger partial charge in [0.2, 0.25) is 5.91 Å². The van der Waals surface area contributed by atoms with Crippen molar-refractivity contribution in [2.75, 3.05) is 11.1 Å². The predicted molar refractivity (Wildman–Crippen MR) is 131 cm³/mol. The molecule has 0 bridgehead atoms. The number of anilines is 1. The van der Waals surface area contributed by atoms with E-state index in [1.54, 1.807) is 17.7 Å². The van der Waals surface area contributed by atoms with Crippen LogP contribution in [0.2, 0.25) is 0 Å². The minimum atomic E-state index is -0.0703. The Balaban J connectivity index is 1.25. The Bertz CT molecular complexity index is 1480. The van der Waals surface area contributed by atoms with Crippen LogP contribution in [0.3, 0.4) is 0 Å². The summed E-state index contributed by atoms with van der Waals surface area (Å²) in [5, 5.41) is 15.8. The standard InChI is InChI=1S/C24H21N5OS2/c1-14-9-10-17-19(11-14)32-23-21(17)22-27-28-24(29(22)13-25-23)31-12-20(30)26-18-8-4-6-15-5-2-3-7-16(15)18/h2-8,13-14H,9-12H2,1H3,(H,26,30). The van der Waals surface area contributed by atoms with Crippen molar-refractivity contribution in [3.8, 4) is 0 Å². The molecule has 6 nitrogen and oxygen atoms in total. The number of hydrogen-bond acceptors (Lipinski definition) is 6. The first-order chi connectivity index (χ1) is 15.7.